The molecule has 6 nitrogen and oxygen atoms in total. The monoisotopic (exact) mass is 358 g/mol. The van der Waals surface area contributed by atoms with Crippen LogP contribution < -0.4 is 5.32 Å². The fourth-order valence-corrected chi connectivity index (χ4v) is 2.87. The molecule has 2 aromatic heterocycles. The summed E-state index contributed by atoms with van der Waals surface area (Å²) in [6.07, 6.45) is 4.69. The predicted octanol–water partition coefficient (Wildman–Crippen LogP) is 4.15. The Bertz CT molecular complexity index is 1070. The standard InChI is InChI=1S/C21H18N4O2/c1-15-6-5-9-17(10-15)20-19(22-14-27-20)21(26)24-18-11-23-25(13-18)12-16-7-3-2-4-8-16/h2-11,13-14H,12H2,1H3,(H,24,26). The Morgan fingerprint density at radius 2 is 2.00 bits per heavy atom. The topological polar surface area (TPSA) is 73.0 Å². The lowest BCUT2D eigenvalue weighted by Gasteiger charge is -2.03. The summed E-state index contributed by atoms with van der Waals surface area (Å²) in [7, 11) is 0. The van der Waals surface area contributed by atoms with Crippen molar-refractivity contribution in [2.75, 3.05) is 5.32 Å². The summed E-state index contributed by atoms with van der Waals surface area (Å²) >= 11 is 0. The number of hydrogen-bond donors (Lipinski definition) is 1. The largest absolute Gasteiger partial charge is 0.443 e. The van der Waals surface area contributed by atoms with Gasteiger partial charge in [-0.3, -0.25) is 9.48 Å². The number of aryl methyl sites for hydroxylation is 1. The van der Waals surface area contributed by atoms with Crippen LogP contribution in [0.5, 0.6) is 0 Å². The van der Waals surface area contributed by atoms with E-state index in [4.69, 9.17) is 4.42 Å². The van der Waals surface area contributed by atoms with E-state index in [0.717, 1.165) is 16.7 Å². The number of hydrogen-bond acceptors (Lipinski definition) is 4. The third-order valence-corrected chi connectivity index (χ3v) is 4.14. The summed E-state index contributed by atoms with van der Waals surface area (Å²) in [5.74, 6) is 0.118. The van der Waals surface area contributed by atoms with Crippen molar-refractivity contribution in [1.29, 1.82) is 0 Å². The van der Waals surface area contributed by atoms with Crippen molar-refractivity contribution in [3.63, 3.8) is 0 Å². The number of oxazole rings is 1. The predicted molar refractivity (Wildman–Crippen MR) is 102 cm³/mol. The molecular weight excluding hydrogens is 340 g/mol. The number of anilines is 1. The van der Waals surface area contributed by atoms with Gasteiger partial charge in [0, 0.05) is 11.8 Å². The first kappa shape index (κ1) is 16.8. The first-order chi connectivity index (χ1) is 13.2. The summed E-state index contributed by atoms with van der Waals surface area (Å²) in [6, 6.07) is 17.8. The van der Waals surface area contributed by atoms with Crippen molar-refractivity contribution in [3.05, 3.63) is 90.2 Å². The Kier molecular flexibility index (Phi) is 4.53. The van der Waals surface area contributed by atoms with Crippen LogP contribution in [0, 0.1) is 6.92 Å². The fourth-order valence-electron chi connectivity index (χ4n) is 2.87. The highest BCUT2D eigenvalue weighted by Gasteiger charge is 2.19. The molecule has 0 spiro atoms. The summed E-state index contributed by atoms with van der Waals surface area (Å²) in [5, 5.41) is 7.13. The number of carbonyl (C=O) groups excluding carboxylic acids is 1. The number of nitrogens with zero attached hydrogens (tertiary/aromatic N) is 3. The van der Waals surface area contributed by atoms with Crippen LogP contribution in [0.2, 0.25) is 0 Å². The molecule has 4 aromatic rings. The van der Waals surface area contributed by atoms with Gasteiger partial charge < -0.3 is 9.73 Å². The molecule has 0 unspecified atom stereocenters. The molecule has 27 heavy (non-hydrogen) atoms. The molecule has 0 aliphatic rings. The fraction of sp³-hybridized carbons (Fsp3) is 0.0952. The summed E-state index contributed by atoms with van der Waals surface area (Å²) in [5.41, 5.74) is 3.89. The number of aromatic nitrogens is 3. The molecule has 2 heterocycles. The maximum Gasteiger partial charge on any atom is 0.278 e. The van der Waals surface area contributed by atoms with E-state index in [2.05, 4.69) is 15.4 Å². The van der Waals surface area contributed by atoms with E-state index >= 15 is 0 Å². The van der Waals surface area contributed by atoms with E-state index in [9.17, 15) is 4.79 Å². The molecule has 0 aliphatic carbocycles. The van der Waals surface area contributed by atoms with Crippen molar-refractivity contribution >= 4 is 11.6 Å². The number of nitrogens with one attached hydrogen (secondary N) is 1. The zero-order valence-electron chi connectivity index (χ0n) is 14.8. The van der Waals surface area contributed by atoms with Crippen molar-refractivity contribution in [2.24, 2.45) is 0 Å². The van der Waals surface area contributed by atoms with Gasteiger partial charge in [-0.1, -0.05) is 54.1 Å². The lowest BCUT2D eigenvalue weighted by molar-refractivity contribution is 0.102. The van der Waals surface area contributed by atoms with Crippen LogP contribution in [-0.4, -0.2) is 20.7 Å². The quantitative estimate of drug-likeness (QED) is 0.582. The van der Waals surface area contributed by atoms with E-state index in [0.29, 0.717) is 18.0 Å². The SMILES string of the molecule is Cc1cccc(-c2ocnc2C(=O)Nc2cnn(Cc3ccccc3)c2)c1. The number of rotatable bonds is 5. The van der Waals surface area contributed by atoms with Crippen LogP contribution >= 0.6 is 0 Å². The molecule has 6 heteroatoms. The van der Waals surface area contributed by atoms with E-state index in [1.807, 2.05) is 61.5 Å². The summed E-state index contributed by atoms with van der Waals surface area (Å²) < 4.78 is 7.23. The zero-order chi connectivity index (χ0) is 18.6. The van der Waals surface area contributed by atoms with Crippen molar-refractivity contribution in [1.82, 2.24) is 14.8 Å². The van der Waals surface area contributed by atoms with Gasteiger partial charge in [-0.2, -0.15) is 5.10 Å². The minimum Gasteiger partial charge on any atom is -0.443 e. The van der Waals surface area contributed by atoms with Gasteiger partial charge in [0.25, 0.3) is 5.91 Å². The number of benzene rings is 2. The van der Waals surface area contributed by atoms with Crippen LogP contribution in [0.3, 0.4) is 0 Å². The minimum atomic E-state index is -0.334. The first-order valence-electron chi connectivity index (χ1n) is 8.57. The van der Waals surface area contributed by atoms with Crippen LogP contribution in [-0.2, 0) is 6.54 Å². The molecule has 1 N–H and O–H groups in total. The molecule has 0 bridgehead atoms. The molecule has 0 fully saturated rings. The molecule has 0 saturated heterocycles. The van der Waals surface area contributed by atoms with E-state index in [1.165, 1.54) is 6.39 Å². The van der Waals surface area contributed by atoms with Crippen molar-refractivity contribution < 1.29 is 9.21 Å². The Hall–Kier alpha value is -3.67. The van der Waals surface area contributed by atoms with Crippen LogP contribution in [0.15, 0.2) is 77.8 Å². The van der Waals surface area contributed by atoms with Gasteiger partial charge in [0.2, 0.25) is 0 Å². The first-order valence-corrected chi connectivity index (χ1v) is 8.57. The zero-order valence-corrected chi connectivity index (χ0v) is 14.8. The van der Waals surface area contributed by atoms with Gasteiger partial charge in [-0.05, 0) is 18.6 Å². The average molecular weight is 358 g/mol. The normalized spacial score (nSPS) is 10.7. The van der Waals surface area contributed by atoms with Gasteiger partial charge in [0.1, 0.15) is 0 Å². The smallest absolute Gasteiger partial charge is 0.278 e. The molecule has 4 rings (SSSR count). The van der Waals surface area contributed by atoms with Crippen molar-refractivity contribution in [3.8, 4) is 11.3 Å². The second kappa shape index (κ2) is 7.29. The van der Waals surface area contributed by atoms with E-state index < -0.39 is 0 Å². The van der Waals surface area contributed by atoms with Gasteiger partial charge >= 0.3 is 0 Å². The lowest BCUT2D eigenvalue weighted by atomic mass is 10.1. The van der Waals surface area contributed by atoms with Gasteiger partial charge in [-0.15, -0.1) is 0 Å². The molecule has 1 amide bonds. The molecule has 134 valence electrons. The minimum absolute atomic E-state index is 0.247. The molecule has 0 saturated carbocycles. The summed E-state index contributed by atoms with van der Waals surface area (Å²) in [6.45, 7) is 2.62. The number of carbonyl (C=O) groups is 1. The highest BCUT2D eigenvalue weighted by Crippen LogP contribution is 2.24. The van der Waals surface area contributed by atoms with Gasteiger partial charge in [0.15, 0.2) is 17.8 Å². The second-order valence-corrected chi connectivity index (χ2v) is 6.27. The highest BCUT2D eigenvalue weighted by atomic mass is 16.3. The molecule has 0 radical (unpaired) electrons. The Labute approximate surface area is 156 Å². The Morgan fingerprint density at radius 3 is 2.81 bits per heavy atom. The molecule has 0 aliphatic heterocycles. The van der Waals surface area contributed by atoms with E-state index in [1.54, 1.807) is 17.1 Å². The average Bonchev–Trinajstić information content (AvgIpc) is 3.32. The summed E-state index contributed by atoms with van der Waals surface area (Å²) in [4.78, 5) is 16.7. The maximum absolute atomic E-state index is 12.7. The van der Waals surface area contributed by atoms with Crippen LogP contribution in [0.25, 0.3) is 11.3 Å². The van der Waals surface area contributed by atoms with E-state index in [-0.39, 0.29) is 11.6 Å². The molecule has 0 atom stereocenters. The second-order valence-electron chi connectivity index (χ2n) is 6.27. The molecule has 2 aromatic carbocycles. The number of amides is 1. The highest BCUT2D eigenvalue weighted by molar-refractivity contribution is 6.06. The van der Waals surface area contributed by atoms with Crippen molar-refractivity contribution in [2.45, 2.75) is 13.5 Å². The van der Waals surface area contributed by atoms with Gasteiger partial charge in [-0.25, -0.2) is 4.98 Å². The lowest BCUT2D eigenvalue weighted by Crippen LogP contribution is -2.13. The third-order valence-electron chi connectivity index (χ3n) is 4.14. The van der Waals surface area contributed by atoms with Gasteiger partial charge in [0.05, 0.1) is 18.4 Å². The Balaban J connectivity index is 1.50. The van der Waals surface area contributed by atoms with Crippen LogP contribution in [0.1, 0.15) is 21.6 Å². The molecular formula is C21H18N4O2. The third kappa shape index (κ3) is 3.79. The maximum atomic E-state index is 12.7. The van der Waals surface area contributed by atoms with Crippen LogP contribution in [0.4, 0.5) is 5.69 Å². The Morgan fingerprint density at radius 1 is 1.15 bits per heavy atom.